The zero-order valence-corrected chi connectivity index (χ0v) is 13.8. The lowest BCUT2D eigenvalue weighted by atomic mass is 10.2. The highest BCUT2D eigenvalue weighted by Crippen LogP contribution is 2.22. The molecule has 0 aliphatic carbocycles. The second kappa shape index (κ2) is 7.36. The molecule has 0 heterocycles. The van der Waals surface area contributed by atoms with Gasteiger partial charge in [-0.05, 0) is 37.3 Å². The van der Waals surface area contributed by atoms with Gasteiger partial charge in [0.05, 0.1) is 16.4 Å². The van der Waals surface area contributed by atoms with Crippen LogP contribution in [-0.4, -0.2) is 25.8 Å². The third-order valence-corrected chi connectivity index (χ3v) is 4.64. The summed E-state index contributed by atoms with van der Waals surface area (Å²) in [6.07, 6.45) is 0. The lowest BCUT2D eigenvalue weighted by Gasteiger charge is -2.08. The molecule has 0 bridgehead atoms. The van der Waals surface area contributed by atoms with Gasteiger partial charge < -0.3 is 5.32 Å². The molecular weight excluding hydrogens is 353 g/mol. The maximum atomic E-state index is 12.8. The molecule has 0 aromatic heterocycles. The summed E-state index contributed by atoms with van der Waals surface area (Å²) in [5.41, 5.74) is 0.285. The molecule has 0 radical (unpaired) electrons. The molecule has 132 valence electrons. The summed E-state index contributed by atoms with van der Waals surface area (Å²) in [4.78, 5) is 21.7. The lowest BCUT2D eigenvalue weighted by molar-refractivity contribution is -0.385. The van der Waals surface area contributed by atoms with E-state index in [-0.39, 0.29) is 10.6 Å². The zero-order chi connectivity index (χ0) is 18.6. The van der Waals surface area contributed by atoms with Crippen LogP contribution in [0.5, 0.6) is 0 Å². The lowest BCUT2D eigenvalue weighted by Crippen LogP contribution is -2.32. The predicted molar refractivity (Wildman–Crippen MR) is 88.1 cm³/mol. The van der Waals surface area contributed by atoms with Crippen LogP contribution in [0, 0.1) is 22.9 Å². The van der Waals surface area contributed by atoms with Gasteiger partial charge in [0, 0.05) is 17.3 Å². The van der Waals surface area contributed by atoms with Crippen LogP contribution in [0.3, 0.4) is 0 Å². The van der Waals surface area contributed by atoms with Crippen molar-refractivity contribution in [3.05, 3.63) is 64.0 Å². The van der Waals surface area contributed by atoms with E-state index >= 15 is 0 Å². The molecule has 10 heteroatoms. The number of hydrogen-bond donors (Lipinski definition) is 2. The molecule has 2 N–H and O–H groups in total. The smallest absolute Gasteiger partial charge is 0.273 e. The van der Waals surface area contributed by atoms with Crippen LogP contribution in [-0.2, 0) is 14.8 Å². The molecule has 0 saturated heterocycles. The Hall–Kier alpha value is -2.85. The summed E-state index contributed by atoms with van der Waals surface area (Å²) in [7, 11) is -4.10. The van der Waals surface area contributed by atoms with E-state index in [1.54, 1.807) is 0 Å². The Balaban J connectivity index is 2.06. The van der Waals surface area contributed by atoms with Crippen molar-refractivity contribution < 1.29 is 22.5 Å². The molecule has 0 atom stereocenters. The number of sulfonamides is 1. The molecule has 2 aromatic rings. The standard InChI is InChI=1S/C15H14FN3O5S/c1-10-2-7-13(8-14(10)19(21)22)25(23,24)17-9-15(20)18-12-5-3-11(16)4-6-12/h2-8,17H,9H2,1H3,(H,18,20). The number of rotatable bonds is 6. The van der Waals surface area contributed by atoms with Gasteiger partial charge in [0.25, 0.3) is 5.69 Å². The van der Waals surface area contributed by atoms with E-state index < -0.39 is 33.2 Å². The van der Waals surface area contributed by atoms with E-state index in [2.05, 4.69) is 10.0 Å². The number of nitro benzene ring substituents is 1. The quantitative estimate of drug-likeness (QED) is 0.598. The number of carbonyl (C=O) groups is 1. The van der Waals surface area contributed by atoms with E-state index in [1.807, 2.05) is 0 Å². The molecule has 0 saturated carbocycles. The minimum atomic E-state index is -4.10. The van der Waals surface area contributed by atoms with E-state index in [1.165, 1.54) is 31.2 Å². The third kappa shape index (κ3) is 4.81. The van der Waals surface area contributed by atoms with Crippen LogP contribution in [0.1, 0.15) is 5.56 Å². The highest BCUT2D eigenvalue weighted by atomic mass is 32.2. The molecular formula is C15H14FN3O5S. The van der Waals surface area contributed by atoms with Gasteiger partial charge in [0.1, 0.15) is 5.82 Å². The number of aryl methyl sites for hydroxylation is 1. The molecule has 25 heavy (non-hydrogen) atoms. The van der Waals surface area contributed by atoms with Gasteiger partial charge in [-0.25, -0.2) is 17.5 Å². The summed E-state index contributed by atoms with van der Waals surface area (Å²) < 4.78 is 39.2. The maximum Gasteiger partial charge on any atom is 0.273 e. The Morgan fingerprint density at radius 1 is 1.20 bits per heavy atom. The molecule has 8 nitrogen and oxygen atoms in total. The largest absolute Gasteiger partial charge is 0.325 e. The van der Waals surface area contributed by atoms with Crippen molar-refractivity contribution in [2.45, 2.75) is 11.8 Å². The number of amides is 1. The average molecular weight is 367 g/mol. The molecule has 0 aliphatic rings. The van der Waals surface area contributed by atoms with Crippen LogP contribution >= 0.6 is 0 Å². The van der Waals surface area contributed by atoms with E-state index in [0.29, 0.717) is 11.3 Å². The second-order valence-corrected chi connectivity index (χ2v) is 6.85. The summed E-state index contributed by atoms with van der Waals surface area (Å²) in [6, 6.07) is 8.38. The Morgan fingerprint density at radius 3 is 2.44 bits per heavy atom. The number of carbonyl (C=O) groups excluding carboxylic acids is 1. The van der Waals surface area contributed by atoms with Crippen molar-refractivity contribution in [2.24, 2.45) is 0 Å². The summed E-state index contributed by atoms with van der Waals surface area (Å²) in [5.74, 6) is -1.14. The highest BCUT2D eigenvalue weighted by molar-refractivity contribution is 7.89. The number of benzene rings is 2. The van der Waals surface area contributed by atoms with Gasteiger partial charge in [0.2, 0.25) is 15.9 Å². The van der Waals surface area contributed by atoms with Gasteiger partial charge in [-0.2, -0.15) is 0 Å². The normalized spacial score (nSPS) is 11.1. The highest BCUT2D eigenvalue weighted by Gasteiger charge is 2.20. The molecule has 1 amide bonds. The fraction of sp³-hybridized carbons (Fsp3) is 0.133. The number of hydrogen-bond acceptors (Lipinski definition) is 5. The van der Waals surface area contributed by atoms with E-state index in [4.69, 9.17) is 0 Å². The number of nitrogens with one attached hydrogen (secondary N) is 2. The first-order valence-electron chi connectivity index (χ1n) is 6.99. The molecule has 0 unspecified atom stereocenters. The Morgan fingerprint density at radius 2 is 1.84 bits per heavy atom. The molecule has 2 rings (SSSR count). The average Bonchev–Trinajstić information content (AvgIpc) is 2.55. The number of anilines is 1. The first-order valence-corrected chi connectivity index (χ1v) is 8.47. The predicted octanol–water partition coefficient (Wildman–Crippen LogP) is 1.96. The second-order valence-electron chi connectivity index (χ2n) is 5.09. The van der Waals surface area contributed by atoms with Crippen LogP contribution < -0.4 is 10.0 Å². The molecule has 0 aliphatic heterocycles. The van der Waals surface area contributed by atoms with Crippen molar-refractivity contribution in [2.75, 3.05) is 11.9 Å². The van der Waals surface area contributed by atoms with E-state index in [9.17, 15) is 27.7 Å². The maximum absolute atomic E-state index is 12.8. The van der Waals surface area contributed by atoms with Crippen molar-refractivity contribution in [1.29, 1.82) is 0 Å². The SMILES string of the molecule is Cc1ccc(S(=O)(=O)NCC(=O)Nc2ccc(F)cc2)cc1[N+](=O)[O-]. The third-order valence-electron chi connectivity index (χ3n) is 3.24. The molecule has 0 spiro atoms. The number of nitrogens with zero attached hydrogens (tertiary/aromatic N) is 1. The zero-order valence-electron chi connectivity index (χ0n) is 13.0. The van der Waals surface area contributed by atoms with Crippen molar-refractivity contribution in [1.82, 2.24) is 4.72 Å². The Bertz CT molecular complexity index is 913. The minimum absolute atomic E-state index is 0.302. The van der Waals surface area contributed by atoms with E-state index in [0.717, 1.165) is 18.2 Å². The number of halogens is 1. The monoisotopic (exact) mass is 367 g/mol. The van der Waals surface area contributed by atoms with Crippen molar-refractivity contribution in [3.63, 3.8) is 0 Å². The fourth-order valence-electron chi connectivity index (χ4n) is 1.94. The summed E-state index contributed by atoms with van der Waals surface area (Å²) in [5, 5.41) is 13.3. The Labute approximate surface area is 142 Å². The van der Waals surface area contributed by atoms with Crippen LogP contribution in [0.2, 0.25) is 0 Å². The molecule has 0 fully saturated rings. The van der Waals surface area contributed by atoms with Crippen LogP contribution in [0.15, 0.2) is 47.4 Å². The van der Waals surface area contributed by atoms with Crippen LogP contribution in [0.4, 0.5) is 15.8 Å². The minimum Gasteiger partial charge on any atom is -0.325 e. The van der Waals surface area contributed by atoms with Gasteiger partial charge in [-0.15, -0.1) is 0 Å². The van der Waals surface area contributed by atoms with Gasteiger partial charge in [-0.1, -0.05) is 6.07 Å². The summed E-state index contributed by atoms with van der Waals surface area (Å²) in [6.45, 7) is 0.902. The topological polar surface area (TPSA) is 118 Å². The van der Waals surface area contributed by atoms with Crippen molar-refractivity contribution in [3.8, 4) is 0 Å². The van der Waals surface area contributed by atoms with Gasteiger partial charge in [0.15, 0.2) is 0 Å². The van der Waals surface area contributed by atoms with Gasteiger partial charge >= 0.3 is 0 Å². The number of nitro groups is 1. The van der Waals surface area contributed by atoms with Crippen molar-refractivity contribution >= 4 is 27.3 Å². The summed E-state index contributed by atoms with van der Waals surface area (Å²) >= 11 is 0. The first kappa shape index (κ1) is 18.5. The van der Waals surface area contributed by atoms with Gasteiger partial charge in [-0.3, -0.25) is 14.9 Å². The Kier molecular flexibility index (Phi) is 5.45. The molecule has 2 aromatic carbocycles. The fourth-order valence-corrected chi connectivity index (χ4v) is 2.94. The first-order chi connectivity index (χ1) is 11.7. The van der Waals surface area contributed by atoms with Crippen LogP contribution in [0.25, 0.3) is 0 Å².